The summed E-state index contributed by atoms with van der Waals surface area (Å²) in [4.78, 5) is 23.8. The van der Waals surface area contributed by atoms with Gasteiger partial charge in [0.2, 0.25) is 5.91 Å². The molecule has 3 atom stereocenters. The minimum atomic E-state index is -0.809. The maximum Gasteiger partial charge on any atom is 0.308 e. The Balaban J connectivity index is 1.98. The Morgan fingerprint density at radius 2 is 2.00 bits per heavy atom. The smallest absolute Gasteiger partial charge is 0.308 e. The molecule has 6 heteroatoms. The first-order valence-electron chi connectivity index (χ1n) is 8.35. The Morgan fingerprint density at radius 1 is 1.30 bits per heavy atom. The SMILES string of the molecule is Cc1noc(C)c1C(C)CC(=O)N[C@H]1CCCCC[C@H]1C(=O)O. The summed E-state index contributed by atoms with van der Waals surface area (Å²) in [5.74, 6) is -0.654. The Bertz CT molecular complexity index is 547. The van der Waals surface area contributed by atoms with Crippen LogP contribution in [0.1, 0.15) is 68.4 Å². The zero-order valence-electron chi connectivity index (χ0n) is 14.1. The molecular weight excluding hydrogens is 296 g/mol. The maximum atomic E-state index is 12.4. The van der Waals surface area contributed by atoms with Crippen molar-refractivity contribution in [3.63, 3.8) is 0 Å². The number of carboxylic acids is 1. The quantitative estimate of drug-likeness (QED) is 0.813. The van der Waals surface area contributed by atoms with Crippen LogP contribution in [0.2, 0.25) is 0 Å². The molecule has 2 rings (SSSR count). The van der Waals surface area contributed by atoms with Gasteiger partial charge in [-0.25, -0.2) is 0 Å². The number of hydrogen-bond donors (Lipinski definition) is 2. The molecule has 128 valence electrons. The van der Waals surface area contributed by atoms with E-state index in [4.69, 9.17) is 4.52 Å². The van der Waals surface area contributed by atoms with Gasteiger partial charge in [0, 0.05) is 18.0 Å². The van der Waals surface area contributed by atoms with Crippen LogP contribution in [0.3, 0.4) is 0 Å². The predicted octanol–water partition coefficient (Wildman–Crippen LogP) is 2.93. The summed E-state index contributed by atoms with van der Waals surface area (Å²) in [6.45, 7) is 5.68. The van der Waals surface area contributed by atoms with E-state index in [9.17, 15) is 14.7 Å². The van der Waals surface area contributed by atoms with E-state index in [2.05, 4.69) is 10.5 Å². The minimum Gasteiger partial charge on any atom is -0.481 e. The molecule has 1 fully saturated rings. The van der Waals surface area contributed by atoms with Gasteiger partial charge in [-0.15, -0.1) is 0 Å². The number of hydrogen-bond acceptors (Lipinski definition) is 4. The lowest BCUT2D eigenvalue weighted by molar-refractivity contribution is -0.143. The van der Waals surface area contributed by atoms with Gasteiger partial charge in [0.15, 0.2) is 0 Å². The minimum absolute atomic E-state index is 0.00435. The number of nitrogens with one attached hydrogen (secondary N) is 1. The molecule has 0 aromatic carbocycles. The largest absolute Gasteiger partial charge is 0.481 e. The van der Waals surface area contributed by atoms with Crippen LogP contribution in [0.25, 0.3) is 0 Å². The van der Waals surface area contributed by atoms with Gasteiger partial charge in [-0.3, -0.25) is 9.59 Å². The molecule has 1 aliphatic carbocycles. The van der Waals surface area contributed by atoms with Crippen molar-refractivity contribution in [2.24, 2.45) is 5.92 Å². The normalized spacial score (nSPS) is 23.1. The molecule has 0 aliphatic heterocycles. The monoisotopic (exact) mass is 322 g/mol. The first-order valence-corrected chi connectivity index (χ1v) is 8.35. The number of aliphatic carboxylic acids is 1. The van der Waals surface area contributed by atoms with Crippen LogP contribution < -0.4 is 5.32 Å². The van der Waals surface area contributed by atoms with E-state index in [1.807, 2.05) is 20.8 Å². The lowest BCUT2D eigenvalue weighted by Gasteiger charge is -2.23. The van der Waals surface area contributed by atoms with Crippen LogP contribution in [0.5, 0.6) is 0 Å². The molecule has 1 amide bonds. The van der Waals surface area contributed by atoms with Crippen LogP contribution in [0, 0.1) is 19.8 Å². The maximum absolute atomic E-state index is 12.4. The topological polar surface area (TPSA) is 92.4 Å². The van der Waals surface area contributed by atoms with Crippen molar-refractivity contribution in [3.8, 4) is 0 Å². The summed E-state index contributed by atoms with van der Waals surface area (Å²) in [6, 6.07) is -0.264. The molecule has 0 spiro atoms. The van der Waals surface area contributed by atoms with Crippen LogP contribution >= 0.6 is 0 Å². The van der Waals surface area contributed by atoms with Gasteiger partial charge in [-0.05, 0) is 32.6 Å². The molecule has 1 unspecified atom stereocenters. The number of rotatable bonds is 5. The van der Waals surface area contributed by atoms with E-state index < -0.39 is 11.9 Å². The van der Waals surface area contributed by atoms with Crippen molar-refractivity contribution in [2.45, 2.75) is 71.3 Å². The average molecular weight is 322 g/mol. The Hall–Kier alpha value is -1.85. The summed E-state index contributed by atoms with van der Waals surface area (Å²) in [7, 11) is 0. The lowest BCUT2D eigenvalue weighted by atomic mass is 9.93. The zero-order chi connectivity index (χ0) is 17.0. The van der Waals surface area contributed by atoms with Crippen molar-refractivity contribution in [1.82, 2.24) is 10.5 Å². The highest BCUT2D eigenvalue weighted by atomic mass is 16.5. The van der Waals surface area contributed by atoms with E-state index in [1.165, 1.54) is 0 Å². The van der Waals surface area contributed by atoms with Crippen LogP contribution in [0.15, 0.2) is 4.52 Å². The fourth-order valence-electron chi connectivity index (χ4n) is 3.62. The highest BCUT2D eigenvalue weighted by molar-refractivity contribution is 5.79. The summed E-state index contributed by atoms with van der Waals surface area (Å²) >= 11 is 0. The second-order valence-corrected chi connectivity index (χ2v) is 6.60. The molecule has 1 heterocycles. The Morgan fingerprint density at radius 3 is 2.61 bits per heavy atom. The first-order chi connectivity index (χ1) is 10.9. The number of carboxylic acid groups (broad SMARTS) is 1. The van der Waals surface area contributed by atoms with E-state index in [0.717, 1.165) is 42.7 Å². The van der Waals surface area contributed by atoms with Gasteiger partial charge in [0.05, 0.1) is 11.6 Å². The predicted molar refractivity (Wildman–Crippen MR) is 85.2 cm³/mol. The van der Waals surface area contributed by atoms with Crippen molar-refractivity contribution in [3.05, 3.63) is 17.0 Å². The van der Waals surface area contributed by atoms with Gasteiger partial charge in [-0.1, -0.05) is 31.3 Å². The van der Waals surface area contributed by atoms with Crippen LogP contribution in [0.4, 0.5) is 0 Å². The zero-order valence-corrected chi connectivity index (χ0v) is 14.1. The fraction of sp³-hybridized carbons (Fsp3) is 0.706. The van der Waals surface area contributed by atoms with Crippen molar-refractivity contribution in [1.29, 1.82) is 0 Å². The summed E-state index contributed by atoms with van der Waals surface area (Å²) in [6.07, 6.45) is 4.60. The van der Waals surface area contributed by atoms with E-state index in [1.54, 1.807) is 0 Å². The van der Waals surface area contributed by atoms with E-state index >= 15 is 0 Å². The fourth-order valence-corrected chi connectivity index (χ4v) is 3.62. The molecule has 1 aromatic heterocycles. The molecule has 2 N–H and O–H groups in total. The molecule has 0 radical (unpaired) electrons. The van der Waals surface area contributed by atoms with Crippen molar-refractivity contribution >= 4 is 11.9 Å². The number of aryl methyl sites for hydroxylation is 2. The van der Waals surface area contributed by atoms with Gasteiger partial charge in [0.25, 0.3) is 0 Å². The lowest BCUT2D eigenvalue weighted by Crippen LogP contribution is -2.43. The van der Waals surface area contributed by atoms with Gasteiger partial charge in [0.1, 0.15) is 5.76 Å². The summed E-state index contributed by atoms with van der Waals surface area (Å²) in [5.41, 5.74) is 1.77. The molecule has 0 saturated heterocycles. The number of aromatic nitrogens is 1. The standard InChI is InChI=1S/C17H26N2O4/c1-10(16-11(2)19-23-12(16)3)9-15(20)18-14-8-6-4-5-7-13(14)17(21)22/h10,13-14H,4-9H2,1-3H3,(H,18,20)(H,21,22)/t10?,13-,14+/m1/s1. The van der Waals surface area contributed by atoms with E-state index in [0.29, 0.717) is 12.8 Å². The summed E-state index contributed by atoms with van der Waals surface area (Å²) in [5, 5.41) is 16.3. The molecule has 0 bridgehead atoms. The Kier molecular flexibility index (Phi) is 5.80. The third kappa shape index (κ3) is 4.33. The van der Waals surface area contributed by atoms with Crippen molar-refractivity contribution in [2.75, 3.05) is 0 Å². The highest BCUT2D eigenvalue weighted by Crippen LogP contribution is 2.27. The van der Waals surface area contributed by atoms with Crippen LogP contribution in [-0.4, -0.2) is 28.2 Å². The van der Waals surface area contributed by atoms with Gasteiger partial charge in [-0.2, -0.15) is 0 Å². The highest BCUT2D eigenvalue weighted by Gasteiger charge is 2.31. The van der Waals surface area contributed by atoms with Gasteiger partial charge >= 0.3 is 5.97 Å². The number of amides is 1. The number of nitrogens with zero attached hydrogens (tertiary/aromatic N) is 1. The second-order valence-electron chi connectivity index (χ2n) is 6.60. The second kappa shape index (κ2) is 7.62. The molecule has 23 heavy (non-hydrogen) atoms. The summed E-state index contributed by atoms with van der Waals surface area (Å²) < 4.78 is 5.15. The molecule has 1 aliphatic rings. The van der Waals surface area contributed by atoms with Crippen molar-refractivity contribution < 1.29 is 19.2 Å². The molecule has 6 nitrogen and oxygen atoms in total. The molecule has 1 saturated carbocycles. The molecule has 1 aromatic rings. The third-order valence-corrected chi connectivity index (χ3v) is 4.75. The average Bonchev–Trinajstić information content (AvgIpc) is 2.68. The Labute approximate surface area is 136 Å². The van der Waals surface area contributed by atoms with Gasteiger partial charge < -0.3 is 14.9 Å². The molecular formula is C17H26N2O4. The third-order valence-electron chi connectivity index (χ3n) is 4.75. The first kappa shape index (κ1) is 17.5. The number of carbonyl (C=O) groups excluding carboxylic acids is 1. The number of carbonyl (C=O) groups is 2. The van der Waals surface area contributed by atoms with E-state index in [-0.39, 0.29) is 17.9 Å². The van der Waals surface area contributed by atoms with Crippen LogP contribution in [-0.2, 0) is 9.59 Å².